The first-order valence-electron chi connectivity index (χ1n) is 9.38. The van der Waals surface area contributed by atoms with Gasteiger partial charge in [0.2, 0.25) is 11.9 Å². The summed E-state index contributed by atoms with van der Waals surface area (Å²) in [4.78, 5) is 20.6. The number of carbonyl (C=O) groups is 1. The molecule has 1 saturated carbocycles. The van der Waals surface area contributed by atoms with Crippen molar-refractivity contribution in [1.29, 1.82) is 0 Å². The van der Waals surface area contributed by atoms with Crippen LogP contribution in [0.15, 0.2) is 12.1 Å². The third-order valence-corrected chi connectivity index (χ3v) is 4.55. The van der Waals surface area contributed by atoms with Gasteiger partial charge in [0.15, 0.2) is 5.65 Å². The summed E-state index contributed by atoms with van der Waals surface area (Å²) < 4.78 is 46.6. The van der Waals surface area contributed by atoms with Gasteiger partial charge in [0, 0.05) is 6.04 Å². The minimum Gasteiger partial charge on any atom is -0.372 e. The van der Waals surface area contributed by atoms with Crippen molar-refractivity contribution in [3.8, 4) is 0 Å². The van der Waals surface area contributed by atoms with Crippen molar-refractivity contribution in [2.45, 2.75) is 77.3 Å². The van der Waals surface area contributed by atoms with E-state index in [0.717, 1.165) is 25.3 Å². The Bertz CT molecular complexity index is 866. The van der Waals surface area contributed by atoms with Gasteiger partial charge < -0.3 is 4.74 Å². The van der Waals surface area contributed by atoms with Crippen LogP contribution in [0.4, 0.5) is 19.1 Å². The molecule has 0 saturated heterocycles. The second-order valence-corrected chi connectivity index (χ2v) is 8.22. The lowest BCUT2D eigenvalue weighted by Crippen LogP contribution is -2.29. The van der Waals surface area contributed by atoms with E-state index >= 15 is 0 Å². The van der Waals surface area contributed by atoms with Gasteiger partial charge in [0.1, 0.15) is 11.2 Å². The molecule has 1 aliphatic carbocycles. The number of fused-ring (bicyclic) bond motifs is 1. The smallest absolute Gasteiger partial charge is 0.372 e. The maximum Gasteiger partial charge on any atom is 0.433 e. The van der Waals surface area contributed by atoms with Crippen molar-refractivity contribution in [3.63, 3.8) is 0 Å². The Morgan fingerprint density at radius 3 is 2.50 bits per heavy atom. The summed E-state index contributed by atoms with van der Waals surface area (Å²) >= 11 is 0. The number of nitrogens with zero attached hydrogens (tertiary/aromatic N) is 3. The molecule has 154 valence electrons. The zero-order valence-electron chi connectivity index (χ0n) is 16.4. The summed E-state index contributed by atoms with van der Waals surface area (Å²) in [5, 5.41) is 2.74. The number of hydrogen-bond acceptors (Lipinski definition) is 4. The molecule has 0 radical (unpaired) electrons. The van der Waals surface area contributed by atoms with Crippen LogP contribution in [0.2, 0.25) is 0 Å². The summed E-state index contributed by atoms with van der Waals surface area (Å²) in [5.74, 6) is -0.0665. The molecule has 2 aromatic rings. The fourth-order valence-corrected chi connectivity index (χ4v) is 3.29. The number of rotatable bonds is 5. The van der Waals surface area contributed by atoms with Crippen molar-refractivity contribution in [1.82, 2.24) is 14.5 Å². The zero-order chi connectivity index (χ0) is 20.7. The Hall–Kier alpha value is -2.16. The van der Waals surface area contributed by atoms with Crippen LogP contribution < -0.4 is 5.32 Å². The molecule has 1 atom stereocenters. The predicted octanol–water partition coefficient (Wildman–Crippen LogP) is 4.71. The van der Waals surface area contributed by atoms with Crippen LogP contribution in [0, 0.1) is 0 Å². The van der Waals surface area contributed by atoms with Crippen LogP contribution in [0.3, 0.4) is 0 Å². The van der Waals surface area contributed by atoms with Gasteiger partial charge in [-0.2, -0.15) is 13.2 Å². The lowest BCUT2D eigenvalue weighted by molar-refractivity contribution is -0.141. The first kappa shape index (κ1) is 20.6. The summed E-state index contributed by atoms with van der Waals surface area (Å²) in [6.45, 7) is 7.51. The highest BCUT2D eigenvalue weighted by molar-refractivity contribution is 5.91. The Labute approximate surface area is 161 Å². The van der Waals surface area contributed by atoms with Crippen LogP contribution >= 0.6 is 0 Å². The molecule has 2 aromatic heterocycles. The average Bonchev–Trinajstić information content (AvgIpc) is 2.79. The normalized spacial score (nSPS) is 16.8. The van der Waals surface area contributed by atoms with Crippen molar-refractivity contribution in [2.75, 3.05) is 5.32 Å². The summed E-state index contributed by atoms with van der Waals surface area (Å²) in [6.07, 6.45) is -2.12. The number of aromatic nitrogens is 3. The van der Waals surface area contributed by atoms with E-state index in [1.54, 1.807) is 11.5 Å². The van der Waals surface area contributed by atoms with Crippen LogP contribution in [0.25, 0.3) is 11.2 Å². The highest BCUT2D eigenvalue weighted by atomic mass is 19.4. The van der Waals surface area contributed by atoms with E-state index < -0.39 is 11.9 Å². The molecule has 0 aromatic carbocycles. The van der Waals surface area contributed by atoms with Crippen LogP contribution in [-0.2, 0) is 15.7 Å². The zero-order valence-corrected chi connectivity index (χ0v) is 16.4. The third-order valence-electron chi connectivity index (χ3n) is 4.55. The Kier molecular flexibility index (Phi) is 5.40. The number of halogens is 3. The van der Waals surface area contributed by atoms with Crippen LogP contribution in [0.5, 0.6) is 0 Å². The Morgan fingerprint density at radius 1 is 1.29 bits per heavy atom. The van der Waals surface area contributed by atoms with Gasteiger partial charge in [0.05, 0.1) is 18.1 Å². The maximum absolute atomic E-state index is 13.1. The van der Waals surface area contributed by atoms with Gasteiger partial charge >= 0.3 is 6.18 Å². The molecule has 1 N–H and O–H groups in total. The summed E-state index contributed by atoms with van der Waals surface area (Å²) in [6, 6.07) is 2.19. The quantitative estimate of drug-likeness (QED) is 0.792. The Balaban J connectivity index is 1.87. The topological polar surface area (TPSA) is 69.0 Å². The highest BCUT2D eigenvalue weighted by Crippen LogP contribution is 2.38. The number of anilines is 1. The van der Waals surface area contributed by atoms with Crippen molar-refractivity contribution in [2.24, 2.45) is 0 Å². The number of carbonyl (C=O) groups excluding carboxylic acids is 1. The predicted molar refractivity (Wildman–Crippen MR) is 99.0 cm³/mol. The first-order valence-corrected chi connectivity index (χ1v) is 9.38. The molecule has 0 spiro atoms. The minimum absolute atomic E-state index is 0.0143. The van der Waals surface area contributed by atoms with E-state index in [1.807, 2.05) is 20.8 Å². The number of alkyl halides is 3. The molecule has 1 aliphatic rings. The molecule has 1 fully saturated rings. The molecule has 6 nitrogen and oxygen atoms in total. The van der Waals surface area contributed by atoms with Gasteiger partial charge in [-0.25, -0.2) is 9.97 Å². The van der Waals surface area contributed by atoms with E-state index in [1.165, 1.54) is 6.07 Å². The molecule has 28 heavy (non-hydrogen) atoms. The van der Waals surface area contributed by atoms with E-state index in [0.29, 0.717) is 5.52 Å². The minimum atomic E-state index is -4.54. The van der Waals surface area contributed by atoms with Gasteiger partial charge in [0.25, 0.3) is 0 Å². The van der Waals surface area contributed by atoms with E-state index in [4.69, 9.17) is 4.74 Å². The average molecular weight is 398 g/mol. The second-order valence-electron chi connectivity index (χ2n) is 8.22. The number of pyridine rings is 1. The highest BCUT2D eigenvalue weighted by Gasteiger charge is 2.34. The molecule has 0 bridgehead atoms. The number of nitrogens with one attached hydrogen (secondary N) is 1. The summed E-state index contributed by atoms with van der Waals surface area (Å²) in [7, 11) is 0. The van der Waals surface area contributed by atoms with Crippen molar-refractivity contribution >= 4 is 23.0 Å². The molecule has 1 amide bonds. The van der Waals surface area contributed by atoms with Gasteiger partial charge in [-0.1, -0.05) is 0 Å². The number of ether oxygens (including phenoxy) is 1. The number of imidazole rings is 1. The van der Waals surface area contributed by atoms with Crippen LogP contribution in [0.1, 0.15) is 65.1 Å². The Morgan fingerprint density at radius 2 is 1.96 bits per heavy atom. The molecule has 0 aliphatic heterocycles. The number of hydrogen-bond donors (Lipinski definition) is 1. The maximum atomic E-state index is 13.1. The number of amides is 1. The standard InChI is InChI=1S/C19H25F3N4O2/c1-11(28-18(2,3)4)10-15(27)25-17-23-13-8-9-14(19(20,21)22)24-16(13)26(17)12-6-5-7-12/h8-9,11-12H,5-7,10H2,1-4H3,(H,23,25,27)/t11-/m1/s1. The SMILES string of the molecule is C[C@H](CC(=O)Nc1nc2ccc(C(F)(F)F)nc2n1C1CCC1)OC(C)(C)C. The van der Waals surface area contributed by atoms with Crippen LogP contribution in [-0.4, -0.2) is 32.1 Å². The lowest BCUT2D eigenvalue weighted by atomic mass is 9.93. The molecule has 9 heteroatoms. The van der Waals surface area contributed by atoms with E-state index in [2.05, 4.69) is 15.3 Å². The molecular formula is C19H25F3N4O2. The summed E-state index contributed by atoms with van der Waals surface area (Å²) in [5.41, 5.74) is -0.870. The monoisotopic (exact) mass is 398 g/mol. The van der Waals surface area contributed by atoms with Gasteiger partial charge in [-0.15, -0.1) is 0 Å². The molecular weight excluding hydrogens is 373 g/mol. The van der Waals surface area contributed by atoms with E-state index in [-0.39, 0.29) is 41.7 Å². The fourth-order valence-electron chi connectivity index (χ4n) is 3.29. The molecule has 3 rings (SSSR count). The van der Waals surface area contributed by atoms with Crippen molar-refractivity contribution in [3.05, 3.63) is 17.8 Å². The third kappa shape index (κ3) is 4.63. The van der Waals surface area contributed by atoms with Gasteiger partial charge in [-0.3, -0.25) is 14.7 Å². The lowest BCUT2D eigenvalue weighted by Gasteiger charge is -2.29. The largest absolute Gasteiger partial charge is 0.433 e. The van der Waals surface area contributed by atoms with E-state index in [9.17, 15) is 18.0 Å². The van der Waals surface area contributed by atoms with Crippen molar-refractivity contribution < 1.29 is 22.7 Å². The molecule has 2 heterocycles. The fraction of sp³-hybridized carbons (Fsp3) is 0.632. The van der Waals surface area contributed by atoms with Gasteiger partial charge in [-0.05, 0) is 59.1 Å². The molecule has 0 unspecified atom stereocenters. The first-order chi connectivity index (χ1) is 12.9. The second kappa shape index (κ2) is 7.35.